The van der Waals surface area contributed by atoms with Gasteiger partial charge < -0.3 is 0 Å². The van der Waals surface area contributed by atoms with Crippen molar-refractivity contribution in [2.24, 2.45) is 0 Å². The Morgan fingerprint density at radius 3 is 2.63 bits per heavy atom. The highest BCUT2D eigenvalue weighted by molar-refractivity contribution is 9.11. The third-order valence-electron chi connectivity index (χ3n) is 2.62. The lowest BCUT2D eigenvalue weighted by Crippen LogP contribution is -2.12. The molecule has 0 amide bonds. The van der Waals surface area contributed by atoms with Crippen LogP contribution in [0.15, 0.2) is 37.8 Å². The highest BCUT2D eigenvalue weighted by Crippen LogP contribution is 2.27. The molecule has 100 valence electrons. The van der Waals surface area contributed by atoms with Crippen LogP contribution in [0, 0.1) is 0 Å². The van der Waals surface area contributed by atoms with Crippen LogP contribution >= 0.6 is 47.8 Å². The number of halogens is 3. The molecule has 0 aliphatic rings. The fourth-order valence-electron chi connectivity index (χ4n) is 1.77. The van der Waals surface area contributed by atoms with Crippen molar-refractivity contribution in [3.63, 3.8) is 0 Å². The number of hydrogen-bond donors (Lipinski definition) is 0. The van der Waals surface area contributed by atoms with E-state index >= 15 is 0 Å². The Morgan fingerprint density at radius 1 is 1.26 bits per heavy atom. The Morgan fingerprint density at radius 2 is 2.00 bits per heavy atom. The third kappa shape index (κ3) is 3.17. The topological polar surface area (TPSA) is 34.9 Å². The van der Waals surface area contributed by atoms with Crippen LogP contribution in [-0.2, 0) is 6.54 Å². The van der Waals surface area contributed by atoms with E-state index in [1.165, 1.54) is 0 Å². The maximum Gasteiger partial charge on any atom is 0.213 e. The van der Waals surface area contributed by atoms with Crippen LogP contribution in [0.25, 0.3) is 0 Å². The number of ketones is 1. The van der Waals surface area contributed by atoms with Gasteiger partial charge in [-0.15, -0.1) is 0 Å². The summed E-state index contributed by atoms with van der Waals surface area (Å²) in [6.45, 7) is 2.78. The van der Waals surface area contributed by atoms with E-state index in [2.05, 4.69) is 59.8 Å². The SMILES string of the molecule is CCCn1ncc(Br)c1C(=O)c1ccc(Br)cc1Br. The molecule has 0 saturated carbocycles. The van der Waals surface area contributed by atoms with Gasteiger partial charge in [0.1, 0.15) is 5.69 Å². The first-order chi connectivity index (χ1) is 9.04. The van der Waals surface area contributed by atoms with Crippen molar-refractivity contribution in [1.82, 2.24) is 9.78 Å². The van der Waals surface area contributed by atoms with Crippen LogP contribution in [0.1, 0.15) is 29.4 Å². The second-order valence-electron chi connectivity index (χ2n) is 4.02. The van der Waals surface area contributed by atoms with Gasteiger partial charge in [0.15, 0.2) is 0 Å². The third-order valence-corrected chi connectivity index (χ3v) is 4.35. The van der Waals surface area contributed by atoms with Gasteiger partial charge in [-0.3, -0.25) is 9.48 Å². The summed E-state index contributed by atoms with van der Waals surface area (Å²) >= 11 is 10.2. The summed E-state index contributed by atoms with van der Waals surface area (Å²) in [4.78, 5) is 12.6. The summed E-state index contributed by atoms with van der Waals surface area (Å²) < 4.78 is 4.15. The highest BCUT2D eigenvalue weighted by Gasteiger charge is 2.20. The van der Waals surface area contributed by atoms with Gasteiger partial charge in [0.05, 0.1) is 10.7 Å². The van der Waals surface area contributed by atoms with E-state index < -0.39 is 0 Å². The molecule has 1 heterocycles. The molecule has 0 fully saturated rings. The second-order valence-corrected chi connectivity index (χ2v) is 6.64. The summed E-state index contributed by atoms with van der Waals surface area (Å²) in [6, 6.07) is 5.51. The summed E-state index contributed by atoms with van der Waals surface area (Å²) in [5.41, 5.74) is 1.21. The van der Waals surface area contributed by atoms with Crippen LogP contribution in [0.3, 0.4) is 0 Å². The monoisotopic (exact) mass is 448 g/mol. The second kappa shape index (κ2) is 6.33. The Kier molecular flexibility index (Phi) is 4.97. The predicted molar refractivity (Wildman–Crippen MR) is 85.5 cm³/mol. The number of aromatic nitrogens is 2. The van der Waals surface area contributed by atoms with Gasteiger partial charge in [0, 0.05) is 21.1 Å². The van der Waals surface area contributed by atoms with E-state index in [0.717, 1.165) is 26.4 Å². The molecule has 2 aromatic rings. The standard InChI is InChI=1S/C13H11Br3N2O/c1-2-5-18-12(11(16)7-17-18)13(19)9-4-3-8(14)6-10(9)15/h3-4,6-7H,2,5H2,1H3. The lowest BCUT2D eigenvalue weighted by Gasteiger charge is -2.08. The molecule has 0 bridgehead atoms. The van der Waals surface area contributed by atoms with Crippen molar-refractivity contribution in [2.45, 2.75) is 19.9 Å². The first kappa shape index (κ1) is 14.9. The molecule has 0 N–H and O–H groups in total. The van der Waals surface area contributed by atoms with Crippen molar-refractivity contribution in [3.8, 4) is 0 Å². The molecule has 0 aliphatic heterocycles. The molecule has 1 aromatic carbocycles. The molecule has 0 radical (unpaired) electrons. The van der Waals surface area contributed by atoms with Crippen LogP contribution in [-0.4, -0.2) is 15.6 Å². The molecule has 2 rings (SSSR count). The van der Waals surface area contributed by atoms with E-state index in [-0.39, 0.29) is 5.78 Å². The highest BCUT2D eigenvalue weighted by atomic mass is 79.9. The normalized spacial score (nSPS) is 10.7. The molecular formula is C13H11Br3N2O. The van der Waals surface area contributed by atoms with Crippen LogP contribution in [0.4, 0.5) is 0 Å². The maximum absolute atomic E-state index is 12.6. The minimum absolute atomic E-state index is 0.0443. The average Bonchev–Trinajstić information content (AvgIpc) is 2.70. The van der Waals surface area contributed by atoms with Gasteiger partial charge in [0.2, 0.25) is 5.78 Å². The van der Waals surface area contributed by atoms with Gasteiger partial charge in [-0.2, -0.15) is 5.10 Å². The van der Waals surface area contributed by atoms with Crippen molar-refractivity contribution in [2.75, 3.05) is 0 Å². The molecule has 0 unspecified atom stereocenters. The smallest absolute Gasteiger partial charge is 0.213 e. The molecule has 19 heavy (non-hydrogen) atoms. The molecule has 1 aromatic heterocycles. The van der Waals surface area contributed by atoms with Crippen molar-refractivity contribution >= 4 is 53.6 Å². The number of aryl methyl sites for hydroxylation is 1. The molecular weight excluding hydrogens is 440 g/mol. The number of carbonyl (C=O) groups is 1. The van der Waals surface area contributed by atoms with Gasteiger partial charge in [-0.25, -0.2) is 0 Å². The maximum atomic E-state index is 12.6. The van der Waals surface area contributed by atoms with E-state index in [1.54, 1.807) is 16.9 Å². The first-order valence-corrected chi connectivity index (χ1v) is 8.13. The Bertz CT molecular complexity index is 622. The van der Waals surface area contributed by atoms with Crippen molar-refractivity contribution < 1.29 is 4.79 Å². The zero-order valence-electron chi connectivity index (χ0n) is 10.2. The predicted octanol–water partition coefficient (Wildman–Crippen LogP) is 4.81. The minimum Gasteiger partial charge on any atom is -0.287 e. The molecule has 0 spiro atoms. The molecule has 6 heteroatoms. The van der Waals surface area contributed by atoms with Crippen molar-refractivity contribution in [1.29, 1.82) is 0 Å². The van der Waals surface area contributed by atoms with E-state index in [0.29, 0.717) is 11.3 Å². The Hall–Kier alpha value is -0.460. The lowest BCUT2D eigenvalue weighted by molar-refractivity contribution is 0.102. The van der Waals surface area contributed by atoms with Crippen LogP contribution < -0.4 is 0 Å². The Balaban J connectivity index is 2.46. The van der Waals surface area contributed by atoms with E-state index in [9.17, 15) is 4.79 Å². The molecule has 3 nitrogen and oxygen atoms in total. The minimum atomic E-state index is -0.0443. The first-order valence-electron chi connectivity index (χ1n) is 5.75. The van der Waals surface area contributed by atoms with Gasteiger partial charge in [0.25, 0.3) is 0 Å². The van der Waals surface area contributed by atoms with E-state index in [1.807, 2.05) is 12.1 Å². The van der Waals surface area contributed by atoms with Gasteiger partial charge in [-0.05, 0) is 56.5 Å². The number of rotatable bonds is 4. The molecule has 0 saturated heterocycles. The summed E-state index contributed by atoms with van der Waals surface area (Å²) in [5.74, 6) is -0.0443. The summed E-state index contributed by atoms with van der Waals surface area (Å²) in [7, 11) is 0. The number of carbonyl (C=O) groups excluding carboxylic acids is 1. The van der Waals surface area contributed by atoms with Gasteiger partial charge in [-0.1, -0.05) is 22.9 Å². The molecule has 0 atom stereocenters. The Labute approximate surface area is 136 Å². The van der Waals surface area contributed by atoms with Gasteiger partial charge >= 0.3 is 0 Å². The fourth-order valence-corrected chi connectivity index (χ4v) is 3.47. The van der Waals surface area contributed by atoms with Crippen LogP contribution in [0.2, 0.25) is 0 Å². The number of hydrogen-bond acceptors (Lipinski definition) is 2. The van der Waals surface area contributed by atoms with Crippen molar-refractivity contribution in [3.05, 3.63) is 49.1 Å². The quantitative estimate of drug-likeness (QED) is 0.626. The van der Waals surface area contributed by atoms with Crippen LogP contribution in [0.5, 0.6) is 0 Å². The lowest BCUT2D eigenvalue weighted by atomic mass is 10.1. The zero-order valence-corrected chi connectivity index (χ0v) is 14.9. The zero-order chi connectivity index (χ0) is 14.0. The fraction of sp³-hybridized carbons (Fsp3) is 0.231. The van der Waals surface area contributed by atoms with E-state index in [4.69, 9.17) is 0 Å². The summed E-state index contributed by atoms with van der Waals surface area (Å²) in [6.07, 6.45) is 2.59. The molecule has 0 aliphatic carbocycles. The largest absolute Gasteiger partial charge is 0.287 e. The number of benzene rings is 1. The summed E-state index contributed by atoms with van der Waals surface area (Å²) in [5, 5.41) is 4.22. The number of nitrogens with zero attached hydrogens (tertiary/aromatic N) is 2. The average molecular weight is 451 g/mol.